The summed E-state index contributed by atoms with van der Waals surface area (Å²) in [5.41, 5.74) is 8.87. The molecule has 0 aliphatic carbocycles. The van der Waals surface area contributed by atoms with Gasteiger partial charge in [-0.05, 0) is 23.1 Å². The summed E-state index contributed by atoms with van der Waals surface area (Å²) in [6.07, 6.45) is 0.694. The minimum absolute atomic E-state index is 0.261. The van der Waals surface area contributed by atoms with E-state index in [0.717, 1.165) is 16.7 Å². The summed E-state index contributed by atoms with van der Waals surface area (Å²) in [5.74, 6) is -1.33. The Morgan fingerprint density at radius 3 is 2.42 bits per heavy atom. The number of carbonyl (C=O) groups excluding carboxylic acids is 1. The van der Waals surface area contributed by atoms with Gasteiger partial charge in [-0.2, -0.15) is 0 Å². The van der Waals surface area contributed by atoms with Crippen LogP contribution in [0.4, 0.5) is 0 Å². The van der Waals surface area contributed by atoms with Gasteiger partial charge in [-0.15, -0.1) is 0 Å². The second-order valence-corrected chi connectivity index (χ2v) is 6.09. The predicted molar refractivity (Wildman–Crippen MR) is 90.2 cm³/mol. The first kappa shape index (κ1) is 16.2. The zero-order valence-electron chi connectivity index (χ0n) is 13.3. The van der Waals surface area contributed by atoms with Crippen molar-refractivity contribution in [1.82, 2.24) is 4.90 Å². The van der Waals surface area contributed by atoms with Crippen molar-refractivity contribution in [1.29, 1.82) is 0 Å². The number of nitrogens with two attached hydrogens (primary N) is 1. The van der Waals surface area contributed by atoms with Crippen LogP contribution in [-0.2, 0) is 29.0 Å². The lowest BCUT2D eigenvalue weighted by Gasteiger charge is -2.29. The Morgan fingerprint density at radius 1 is 1.12 bits per heavy atom. The average molecular weight is 324 g/mol. The van der Waals surface area contributed by atoms with Gasteiger partial charge < -0.3 is 15.7 Å². The van der Waals surface area contributed by atoms with Crippen molar-refractivity contribution in [2.24, 2.45) is 5.73 Å². The predicted octanol–water partition coefficient (Wildman–Crippen LogP) is 1.59. The Balaban J connectivity index is 1.94. The molecule has 0 radical (unpaired) electrons. The van der Waals surface area contributed by atoms with E-state index in [-0.39, 0.29) is 18.9 Å². The largest absolute Gasteiger partial charge is 0.480 e. The van der Waals surface area contributed by atoms with E-state index in [1.54, 1.807) is 0 Å². The van der Waals surface area contributed by atoms with Gasteiger partial charge >= 0.3 is 5.97 Å². The molecule has 0 spiro atoms. The monoisotopic (exact) mass is 324 g/mol. The van der Waals surface area contributed by atoms with Gasteiger partial charge in [0.2, 0.25) is 5.91 Å². The first-order chi connectivity index (χ1) is 11.6. The molecule has 2 unspecified atom stereocenters. The third-order valence-corrected chi connectivity index (χ3v) is 4.43. The third kappa shape index (κ3) is 3.31. The number of rotatable bonds is 4. The van der Waals surface area contributed by atoms with Crippen LogP contribution < -0.4 is 5.73 Å². The van der Waals surface area contributed by atoms with Crippen molar-refractivity contribution in [3.63, 3.8) is 0 Å². The van der Waals surface area contributed by atoms with Gasteiger partial charge in [-0.25, -0.2) is 4.79 Å². The van der Waals surface area contributed by atoms with Crippen molar-refractivity contribution in [3.8, 4) is 0 Å². The molecule has 0 aromatic heterocycles. The maximum atomic E-state index is 12.7. The van der Waals surface area contributed by atoms with E-state index >= 15 is 0 Å². The molecule has 3 rings (SSSR count). The minimum Gasteiger partial charge on any atom is -0.480 e. The van der Waals surface area contributed by atoms with E-state index in [2.05, 4.69) is 0 Å². The lowest BCUT2D eigenvalue weighted by atomic mass is 10.0. The van der Waals surface area contributed by atoms with Gasteiger partial charge in [0.1, 0.15) is 6.04 Å². The standard InChI is InChI=1S/C19H20N2O3/c20-16-11-14-8-4-5-9-15(14)12-21(18(16)22)17(19(23)24)10-13-6-2-1-3-7-13/h1-9,16-17H,10-12,20H2,(H,23,24). The molecule has 5 heteroatoms. The number of hydrogen-bond donors (Lipinski definition) is 2. The fraction of sp³-hybridized carbons (Fsp3) is 0.263. The molecule has 0 bridgehead atoms. The molecule has 1 heterocycles. The maximum Gasteiger partial charge on any atom is 0.326 e. The molecule has 2 aromatic rings. The highest BCUT2D eigenvalue weighted by Gasteiger charge is 2.35. The van der Waals surface area contributed by atoms with Crippen LogP contribution in [0.1, 0.15) is 16.7 Å². The lowest BCUT2D eigenvalue weighted by Crippen LogP contribution is -2.51. The average Bonchev–Trinajstić information content (AvgIpc) is 2.71. The van der Waals surface area contributed by atoms with Crippen LogP contribution in [0.5, 0.6) is 0 Å². The van der Waals surface area contributed by atoms with Crippen LogP contribution in [0.15, 0.2) is 54.6 Å². The van der Waals surface area contributed by atoms with E-state index in [1.807, 2.05) is 54.6 Å². The lowest BCUT2D eigenvalue weighted by molar-refractivity contribution is -0.151. The van der Waals surface area contributed by atoms with E-state index in [1.165, 1.54) is 4.90 Å². The second-order valence-electron chi connectivity index (χ2n) is 6.09. The normalized spacial score (nSPS) is 18.6. The summed E-state index contributed by atoms with van der Waals surface area (Å²) in [5, 5.41) is 9.70. The SMILES string of the molecule is NC1Cc2ccccc2CN(C(Cc2ccccc2)C(=O)O)C1=O. The molecule has 5 nitrogen and oxygen atoms in total. The minimum atomic E-state index is -1.02. The Bertz CT molecular complexity index is 745. The first-order valence-electron chi connectivity index (χ1n) is 7.96. The molecule has 0 saturated carbocycles. The number of carboxylic acid groups (broad SMARTS) is 1. The van der Waals surface area contributed by atoms with Crippen LogP contribution >= 0.6 is 0 Å². The summed E-state index contributed by atoms with van der Waals surface area (Å²) in [7, 11) is 0. The molecular formula is C19H20N2O3. The number of carboxylic acids is 1. The topological polar surface area (TPSA) is 83.6 Å². The molecule has 1 aliphatic heterocycles. The number of nitrogens with zero attached hydrogens (tertiary/aromatic N) is 1. The summed E-state index contributed by atoms with van der Waals surface area (Å²) in [6, 6.07) is 15.4. The summed E-state index contributed by atoms with van der Waals surface area (Å²) in [4.78, 5) is 25.9. The quantitative estimate of drug-likeness (QED) is 0.895. The van der Waals surface area contributed by atoms with E-state index in [0.29, 0.717) is 6.42 Å². The molecule has 2 atom stereocenters. The molecule has 124 valence electrons. The molecule has 3 N–H and O–H groups in total. The van der Waals surface area contributed by atoms with Gasteiger partial charge in [0.05, 0.1) is 6.04 Å². The van der Waals surface area contributed by atoms with Crippen LogP contribution in [-0.4, -0.2) is 34.0 Å². The highest BCUT2D eigenvalue weighted by molar-refractivity contribution is 5.87. The zero-order chi connectivity index (χ0) is 17.1. The smallest absolute Gasteiger partial charge is 0.326 e. The summed E-state index contributed by atoms with van der Waals surface area (Å²) in [6.45, 7) is 0.270. The Kier molecular flexibility index (Phi) is 4.62. The van der Waals surface area contributed by atoms with E-state index in [9.17, 15) is 14.7 Å². The number of fused-ring (bicyclic) bond motifs is 1. The highest BCUT2D eigenvalue weighted by atomic mass is 16.4. The van der Waals surface area contributed by atoms with E-state index in [4.69, 9.17) is 5.73 Å². The molecule has 24 heavy (non-hydrogen) atoms. The Morgan fingerprint density at radius 2 is 1.75 bits per heavy atom. The Hall–Kier alpha value is -2.66. The molecule has 1 aliphatic rings. The molecule has 1 amide bonds. The van der Waals surface area contributed by atoms with Crippen LogP contribution in [0.3, 0.4) is 0 Å². The number of carbonyl (C=O) groups is 2. The maximum absolute atomic E-state index is 12.7. The van der Waals surface area contributed by atoms with Crippen LogP contribution in [0.2, 0.25) is 0 Å². The molecule has 2 aromatic carbocycles. The van der Waals surface area contributed by atoms with Crippen molar-refractivity contribution in [2.75, 3.05) is 0 Å². The summed E-state index contributed by atoms with van der Waals surface area (Å²) >= 11 is 0. The second kappa shape index (κ2) is 6.84. The highest BCUT2D eigenvalue weighted by Crippen LogP contribution is 2.22. The number of aliphatic carboxylic acids is 1. The van der Waals surface area contributed by atoms with Crippen molar-refractivity contribution in [3.05, 3.63) is 71.3 Å². The zero-order valence-corrected chi connectivity index (χ0v) is 13.3. The van der Waals surface area contributed by atoms with Crippen LogP contribution in [0.25, 0.3) is 0 Å². The first-order valence-corrected chi connectivity index (χ1v) is 7.96. The van der Waals surface area contributed by atoms with Gasteiger partial charge in [0.15, 0.2) is 0 Å². The number of amides is 1. The Labute approximate surface area is 140 Å². The van der Waals surface area contributed by atoms with Gasteiger partial charge in [0, 0.05) is 13.0 Å². The van der Waals surface area contributed by atoms with Crippen molar-refractivity contribution < 1.29 is 14.7 Å². The molecular weight excluding hydrogens is 304 g/mol. The molecule has 0 fully saturated rings. The van der Waals surface area contributed by atoms with Crippen LogP contribution in [0, 0.1) is 0 Å². The number of benzene rings is 2. The van der Waals surface area contributed by atoms with Gasteiger partial charge in [0.25, 0.3) is 0 Å². The third-order valence-electron chi connectivity index (χ3n) is 4.43. The fourth-order valence-electron chi connectivity index (χ4n) is 3.14. The van der Waals surface area contributed by atoms with Gasteiger partial charge in [-0.3, -0.25) is 4.79 Å². The fourth-order valence-corrected chi connectivity index (χ4v) is 3.14. The van der Waals surface area contributed by atoms with Gasteiger partial charge in [-0.1, -0.05) is 54.6 Å². The summed E-state index contributed by atoms with van der Waals surface area (Å²) < 4.78 is 0. The molecule has 0 saturated heterocycles. The van der Waals surface area contributed by atoms with E-state index < -0.39 is 18.1 Å². The number of hydrogen-bond acceptors (Lipinski definition) is 3. The van der Waals surface area contributed by atoms with Crippen molar-refractivity contribution in [2.45, 2.75) is 31.5 Å². The van der Waals surface area contributed by atoms with Crippen molar-refractivity contribution >= 4 is 11.9 Å².